The highest BCUT2D eigenvalue weighted by Crippen LogP contribution is 2.22. The molecule has 0 fully saturated rings. The third-order valence-electron chi connectivity index (χ3n) is 3.13. The van der Waals surface area contributed by atoms with Crippen molar-refractivity contribution in [1.82, 2.24) is 4.57 Å². The number of benzene rings is 1. The fourth-order valence-corrected chi connectivity index (χ4v) is 2.36. The van der Waals surface area contributed by atoms with E-state index in [2.05, 4.69) is 6.92 Å². The van der Waals surface area contributed by atoms with Gasteiger partial charge in [-0.25, -0.2) is 0 Å². The van der Waals surface area contributed by atoms with Gasteiger partial charge in [-0.3, -0.25) is 4.79 Å². The maximum absolute atomic E-state index is 12.6. The fourth-order valence-electron chi connectivity index (χ4n) is 2.17. The summed E-state index contributed by atoms with van der Waals surface area (Å²) in [5.74, 6) is 0.405. The summed E-state index contributed by atoms with van der Waals surface area (Å²) in [5.41, 5.74) is 1.36. The first-order valence-corrected chi connectivity index (χ1v) is 7.66. The van der Waals surface area contributed by atoms with Gasteiger partial charge in [0.15, 0.2) is 5.75 Å². The van der Waals surface area contributed by atoms with Crippen LogP contribution in [0.25, 0.3) is 11.1 Å². The van der Waals surface area contributed by atoms with Crippen LogP contribution in [0.3, 0.4) is 0 Å². The molecule has 21 heavy (non-hydrogen) atoms. The molecule has 0 bridgehead atoms. The molecular weight excluding hydrogens is 286 g/mol. The van der Waals surface area contributed by atoms with Crippen LogP contribution in [-0.2, 0) is 6.54 Å². The number of nitrogens with zero attached hydrogens (tertiary/aromatic N) is 1. The molecule has 0 radical (unpaired) electrons. The van der Waals surface area contributed by atoms with E-state index in [9.17, 15) is 4.79 Å². The van der Waals surface area contributed by atoms with Gasteiger partial charge in [0.25, 0.3) is 0 Å². The predicted octanol–water partition coefficient (Wildman–Crippen LogP) is 4.37. The van der Waals surface area contributed by atoms with Crippen LogP contribution in [0, 0.1) is 0 Å². The Morgan fingerprint density at radius 2 is 2.00 bits per heavy atom. The summed E-state index contributed by atoms with van der Waals surface area (Å²) in [6.45, 7) is 5.51. The average Bonchev–Trinajstić information content (AvgIpc) is 2.47. The van der Waals surface area contributed by atoms with E-state index in [1.165, 1.54) is 0 Å². The molecule has 2 rings (SSSR count). The molecular formula is C17H20ClNO2. The van der Waals surface area contributed by atoms with Crippen LogP contribution in [0.1, 0.15) is 26.7 Å². The van der Waals surface area contributed by atoms with E-state index in [0.717, 1.165) is 24.9 Å². The summed E-state index contributed by atoms with van der Waals surface area (Å²) >= 11 is 6.03. The second-order valence-corrected chi connectivity index (χ2v) is 5.40. The van der Waals surface area contributed by atoms with Gasteiger partial charge in [-0.2, -0.15) is 0 Å². The van der Waals surface area contributed by atoms with Crippen molar-refractivity contribution in [1.29, 1.82) is 0 Å². The van der Waals surface area contributed by atoms with Crippen LogP contribution in [0.15, 0.2) is 41.5 Å². The highest BCUT2D eigenvalue weighted by atomic mass is 35.5. The quantitative estimate of drug-likeness (QED) is 0.793. The monoisotopic (exact) mass is 305 g/mol. The van der Waals surface area contributed by atoms with Gasteiger partial charge in [0, 0.05) is 23.3 Å². The van der Waals surface area contributed by atoms with Crippen molar-refractivity contribution in [3.05, 3.63) is 51.9 Å². The zero-order valence-electron chi connectivity index (χ0n) is 12.4. The Kier molecular flexibility index (Phi) is 5.45. The predicted molar refractivity (Wildman–Crippen MR) is 87.2 cm³/mol. The van der Waals surface area contributed by atoms with Crippen LogP contribution in [0.4, 0.5) is 0 Å². The molecule has 4 heteroatoms. The van der Waals surface area contributed by atoms with Gasteiger partial charge in [-0.1, -0.05) is 37.6 Å². The van der Waals surface area contributed by atoms with Crippen LogP contribution in [0.2, 0.25) is 5.02 Å². The Balaban J connectivity index is 2.52. The largest absolute Gasteiger partial charge is 0.488 e. The third-order valence-corrected chi connectivity index (χ3v) is 3.36. The number of pyridine rings is 1. The second kappa shape index (κ2) is 7.32. The SMILES string of the molecule is CCCOc1cn(CCC)cc(-c2cccc(Cl)c2)c1=O. The van der Waals surface area contributed by atoms with Crippen LogP contribution < -0.4 is 10.2 Å². The number of aromatic nitrogens is 1. The molecule has 0 unspecified atom stereocenters. The van der Waals surface area contributed by atoms with Crippen molar-refractivity contribution >= 4 is 11.6 Å². The molecule has 1 aromatic carbocycles. The minimum atomic E-state index is -0.0851. The minimum absolute atomic E-state index is 0.0851. The van der Waals surface area contributed by atoms with E-state index in [-0.39, 0.29) is 5.43 Å². The van der Waals surface area contributed by atoms with Gasteiger partial charge < -0.3 is 9.30 Å². The average molecular weight is 306 g/mol. The molecule has 0 spiro atoms. The second-order valence-electron chi connectivity index (χ2n) is 4.96. The smallest absolute Gasteiger partial charge is 0.231 e. The highest BCUT2D eigenvalue weighted by molar-refractivity contribution is 6.30. The lowest BCUT2D eigenvalue weighted by Crippen LogP contribution is -2.15. The van der Waals surface area contributed by atoms with Gasteiger partial charge in [0.1, 0.15) is 0 Å². The van der Waals surface area contributed by atoms with Gasteiger partial charge in [0.05, 0.1) is 12.8 Å². The molecule has 3 nitrogen and oxygen atoms in total. The summed E-state index contributed by atoms with van der Waals surface area (Å²) in [7, 11) is 0. The van der Waals surface area contributed by atoms with E-state index in [4.69, 9.17) is 16.3 Å². The zero-order valence-corrected chi connectivity index (χ0v) is 13.2. The fraction of sp³-hybridized carbons (Fsp3) is 0.353. The van der Waals surface area contributed by atoms with Gasteiger partial charge >= 0.3 is 0 Å². The molecule has 0 aliphatic carbocycles. The molecule has 112 valence electrons. The highest BCUT2D eigenvalue weighted by Gasteiger charge is 2.11. The van der Waals surface area contributed by atoms with Crippen molar-refractivity contribution in [3.63, 3.8) is 0 Å². The van der Waals surface area contributed by atoms with Gasteiger partial charge in [-0.15, -0.1) is 0 Å². The van der Waals surface area contributed by atoms with E-state index >= 15 is 0 Å². The first kappa shape index (κ1) is 15.6. The maximum atomic E-state index is 12.6. The van der Waals surface area contributed by atoms with Crippen molar-refractivity contribution in [3.8, 4) is 16.9 Å². The molecule has 1 heterocycles. The molecule has 0 amide bonds. The lowest BCUT2D eigenvalue weighted by atomic mass is 10.1. The molecule has 0 saturated heterocycles. The molecule has 1 aromatic heterocycles. The van der Waals surface area contributed by atoms with Crippen molar-refractivity contribution in [2.45, 2.75) is 33.2 Å². The van der Waals surface area contributed by atoms with Gasteiger partial charge in [-0.05, 0) is 30.5 Å². The first-order chi connectivity index (χ1) is 10.2. The first-order valence-electron chi connectivity index (χ1n) is 7.28. The topological polar surface area (TPSA) is 31.2 Å². The number of rotatable bonds is 6. The lowest BCUT2D eigenvalue weighted by Gasteiger charge is -2.12. The van der Waals surface area contributed by atoms with Crippen LogP contribution in [0.5, 0.6) is 5.75 Å². The standard InChI is InChI=1S/C17H20ClNO2/c1-3-8-19-11-15(13-6-5-7-14(18)10-13)17(20)16(12-19)21-9-4-2/h5-7,10-12H,3-4,8-9H2,1-2H3. The Morgan fingerprint density at radius 1 is 1.19 bits per heavy atom. The third kappa shape index (κ3) is 3.88. The molecule has 0 N–H and O–H groups in total. The van der Waals surface area contributed by atoms with E-state index < -0.39 is 0 Å². The van der Waals surface area contributed by atoms with Crippen molar-refractivity contribution in [2.75, 3.05) is 6.61 Å². The molecule has 0 atom stereocenters. The summed E-state index contributed by atoms with van der Waals surface area (Å²) in [5, 5.41) is 0.619. The molecule has 0 saturated carbocycles. The number of hydrogen-bond acceptors (Lipinski definition) is 2. The summed E-state index contributed by atoms with van der Waals surface area (Å²) in [6, 6.07) is 7.34. The Morgan fingerprint density at radius 3 is 2.67 bits per heavy atom. The molecule has 0 aliphatic heterocycles. The maximum Gasteiger partial charge on any atom is 0.231 e. The summed E-state index contributed by atoms with van der Waals surface area (Å²) in [4.78, 5) is 12.6. The molecule has 2 aromatic rings. The number of aryl methyl sites for hydroxylation is 1. The summed E-state index contributed by atoms with van der Waals surface area (Å²) in [6.07, 6.45) is 5.52. The number of halogens is 1. The Bertz CT molecular complexity index is 664. The van der Waals surface area contributed by atoms with E-state index in [0.29, 0.717) is 22.9 Å². The van der Waals surface area contributed by atoms with Crippen LogP contribution in [-0.4, -0.2) is 11.2 Å². The summed E-state index contributed by atoms with van der Waals surface area (Å²) < 4.78 is 7.60. The Labute approximate surface area is 130 Å². The molecule has 0 aliphatic rings. The number of ether oxygens (including phenoxy) is 1. The normalized spacial score (nSPS) is 10.6. The van der Waals surface area contributed by atoms with Gasteiger partial charge in [0.2, 0.25) is 5.43 Å². The lowest BCUT2D eigenvalue weighted by molar-refractivity contribution is 0.311. The number of hydrogen-bond donors (Lipinski definition) is 0. The van der Waals surface area contributed by atoms with Crippen molar-refractivity contribution < 1.29 is 4.74 Å². The van der Waals surface area contributed by atoms with E-state index in [1.54, 1.807) is 18.3 Å². The zero-order chi connectivity index (χ0) is 15.2. The van der Waals surface area contributed by atoms with Crippen LogP contribution >= 0.6 is 11.6 Å². The van der Waals surface area contributed by atoms with Crippen molar-refractivity contribution in [2.24, 2.45) is 0 Å². The Hall–Kier alpha value is -1.74. The minimum Gasteiger partial charge on any atom is -0.488 e. The van der Waals surface area contributed by atoms with E-state index in [1.807, 2.05) is 29.8 Å².